The second-order valence-corrected chi connectivity index (χ2v) is 5.16. The van der Waals surface area contributed by atoms with Crippen LogP contribution in [0.4, 0.5) is 0 Å². The minimum Gasteiger partial charge on any atom is -0.460 e. The third-order valence-electron chi connectivity index (χ3n) is 3.87. The Bertz CT molecular complexity index is 574. The molecular weight excluding hydrogens is 252 g/mol. The van der Waals surface area contributed by atoms with Gasteiger partial charge in [0.2, 0.25) is 5.91 Å². The number of hydrogen-bond donors (Lipinski definition) is 0. The van der Waals surface area contributed by atoms with Gasteiger partial charge in [-0.15, -0.1) is 0 Å². The molecular formula is C16H16N2O2. The highest BCUT2D eigenvalue weighted by Gasteiger charge is 2.34. The maximum atomic E-state index is 11.9. The number of likely N-dealkylation sites (tertiary alicyclic amines) is 1. The summed E-state index contributed by atoms with van der Waals surface area (Å²) in [6, 6.07) is 12.1. The summed E-state index contributed by atoms with van der Waals surface area (Å²) in [7, 11) is 0. The van der Waals surface area contributed by atoms with Crippen molar-refractivity contribution in [2.45, 2.75) is 31.4 Å². The Morgan fingerprint density at radius 3 is 2.75 bits per heavy atom. The standard InChI is InChI=1S/C16H16N2O2/c17-11-14-9-13(12-5-2-1-3-6-12)10-16(20-14)18-8-4-7-15(18)19/h1-3,5-6,9,13,16H,4,7-8,10H2/t13-,16-/m0/s1. The summed E-state index contributed by atoms with van der Waals surface area (Å²) in [6.07, 6.45) is 3.71. The summed E-state index contributed by atoms with van der Waals surface area (Å²) >= 11 is 0. The monoisotopic (exact) mass is 268 g/mol. The van der Waals surface area contributed by atoms with Crippen molar-refractivity contribution in [2.24, 2.45) is 0 Å². The van der Waals surface area contributed by atoms with Crippen molar-refractivity contribution >= 4 is 5.91 Å². The first kappa shape index (κ1) is 12.7. The molecule has 0 unspecified atom stereocenters. The molecule has 1 amide bonds. The Hall–Kier alpha value is -2.28. The zero-order valence-electron chi connectivity index (χ0n) is 11.2. The minimum absolute atomic E-state index is 0.123. The lowest BCUT2D eigenvalue weighted by Gasteiger charge is -2.33. The quantitative estimate of drug-likeness (QED) is 0.828. The summed E-state index contributed by atoms with van der Waals surface area (Å²) in [4.78, 5) is 13.6. The third kappa shape index (κ3) is 2.39. The van der Waals surface area contributed by atoms with Crippen molar-refractivity contribution in [3.05, 3.63) is 47.7 Å². The maximum absolute atomic E-state index is 11.9. The summed E-state index contributed by atoms with van der Waals surface area (Å²) in [5.74, 6) is 0.564. The molecule has 1 aromatic carbocycles. The van der Waals surface area contributed by atoms with Crippen molar-refractivity contribution < 1.29 is 9.53 Å². The Morgan fingerprint density at radius 2 is 2.10 bits per heavy atom. The summed E-state index contributed by atoms with van der Waals surface area (Å²) < 4.78 is 5.65. The van der Waals surface area contributed by atoms with Crippen LogP contribution in [-0.2, 0) is 9.53 Å². The number of carbonyl (C=O) groups excluding carboxylic acids is 1. The van der Waals surface area contributed by atoms with Crippen LogP contribution in [-0.4, -0.2) is 23.6 Å². The first-order valence-corrected chi connectivity index (χ1v) is 6.91. The molecule has 20 heavy (non-hydrogen) atoms. The minimum atomic E-state index is -0.310. The topological polar surface area (TPSA) is 53.3 Å². The molecule has 1 fully saturated rings. The highest BCUT2D eigenvalue weighted by molar-refractivity contribution is 5.78. The molecule has 1 aromatic rings. The fourth-order valence-electron chi connectivity index (χ4n) is 2.86. The van der Waals surface area contributed by atoms with Gasteiger partial charge in [-0.2, -0.15) is 5.26 Å². The predicted octanol–water partition coefficient (Wildman–Crippen LogP) is 2.55. The normalized spacial score (nSPS) is 25.9. The number of allylic oxidation sites excluding steroid dienone is 2. The van der Waals surface area contributed by atoms with Gasteiger partial charge >= 0.3 is 0 Å². The summed E-state index contributed by atoms with van der Waals surface area (Å²) in [5.41, 5.74) is 1.15. The lowest BCUT2D eigenvalue weighted by Crippen LogP contribution is -2.40. The molecule has 0 N–H and O–H groups in total. The second-order valence-electron chi connectivity index (χ2n) is 5.16. The van der Waals surface area contributed by atoms with Crippen molar-refractivity contribution in [1.82, 2.24) is 4.90 Å². The molecule has 0 radical (unpaired) electrons. The lowest BCUT2D eigenvalue weighted by molar-refractivity contribution is -0.138. The van der Waals surface area contributed by atoms with E-state index in [2.05, 4.69) is 6.07 Å². The van der Waals surface area contributed by atoms with Gasteiger partial charge in [-0.25, -0.2) is 0 Å². The third-order valence-corrected chi connectivity index (χ3v) is 3.87. The van der Waals surface area contributed by atoms with Gasteiger partial charge in [-0.05, 0) is 18.1 Å². The van der Waals surface area contributed by atoms with Crippen molar-refractivity contribution in [2.75, 3.05) is 6.54 Å². The van der Waals surface area contributed by atoms with Crippen molar-refractivity contribution in [3.8, 4) is 6.07 Å². The number of carbonyl (C=O) groups is 1. The number of ether oxygens (including phenoxy) is 1. The highest BCUT2D eigenvalue weighted by Crippen LogP contribution is 2.33. The average Bonchev–Trinajstić information content (AvgIpc) is 2.94. The number of nitrogens with zero attached hydrogens (tertiary/aromatic N) is 2. The van der Waals surface area contributed by atoms with E-state index in [1.807, 2.05) is 36.4 Å². The van der Waals surface area contributed by atoms with Crippen LogP contribution >= 0.6 is 0 Å². The number of amides is 1. The van der Waals surface area contributed by atoms with Crippen LogP contribution in [0.25, 0.3) is 0 Å². The van der Waals surface area contributed by atoms with Crippen molar-refractivity contribution in [3.63, 3.8) is 0 Å². The van der Waals surface area contributed by atoms with Gasteiger partial charge in [0.25, 0.3) is 0 Å². The molecule has 2 aliphatic heterocycles. The molecule has 0 aliphatic carbocycles. The van der Waals surface area contributed by atoms with E-state index < -0.39 is 0 Å². The Labute approximate surface area is 118 Å². The van der Waals surface area contributed by atoms with E-state index in [0.717, 1.165) is 18.5 Å². The Morgan fingerprint density at radius 1 is 1.30 bits per heavy atom. The molecule has 0 saturated carbocycles. The van der Waals surface area contributed by atoms with Gasteiger partial charge in [0.05, 0.1) is 0 Å². The van der Waals surface area contributed by atoms with Crippen LogP contribution < -0.4 is 0 Å². The van der Waals surface area contributed by atoms with E-state index in [1.165, 1.54) is 0 Å². The molecule has 0 bridgehead atoms. The van der Waals surface area contributed by atoms with Crippen LogP contribution in [0.5, 0.6) is 0 Å². The Kier molecular flexibility index (Phi) is 3.42. The van der Waals surface area contributed by atoms with Crippen LogP contribution in [0.3, 0.4) is 0 Å². The average molecular weight is 268 g/mol. The largest absolute Gasteiger partial charge is 0.460 e. The molecule has 0 spiro atoms. The van der Waals surface area contributed by atoms with E-state index in [-0.39, 0.29) is 18.1 Å². The van der Waals surface area contributed by atoms with Gasteiger partial charge in [0, 0.05) is 25.3 Å². The van der Waals surface area contributed by atoms with E-state index in [9.17, 15) is 4.79 Å². The molecule has 2 atom stereocenters. The molecule has 2 heterocycles. The van der Waals surface area contributed by atoms with Crippen LogP contribution in [0, 0.1) is 11.3 Å². The van der Waals surface area contributed by atoms with Crippen LogP contribution in [0.1, 0.15) is 30.7 Å². The van der Waals surface area contributed by atoms with Gasteiger partial charge in [-0.1, -0.05) is 30.3 Å². The van der Waals surface area contributed by atoms with E-state index in [1.54, 1.807) is 4.90 Å². The second kappa shape index (κ2) is 5.38. The zero-order chi connectivity index (χ0) is 13.9. The van der Waals surface area contributed by atoms with E-state index in [0.29, 0.717) is 18.6 Å². The lowest BCUT2D eigenvalue weighted by atomic mass is 9.92. The molecule has 3 rings (SSSR count). The molecule has 4 nitrogen and oxygen atoms in total. The molecule has 1 saturated heterocycles. The number of benzene rings is 1. The number of rotatable bonds is 2. The number of nitriles is 1. The maximum Gasteiger partial charge on any atom is 0.225 e. The summed E-state index contributed by atoms with van der Waals surface area (Å²) in [6.45, 7) is 0.726. The number of hydrogen-bond acceptors (Lipinski definition) is 3. The van der Waals surface area contributed by atoms with E-state index >= 15 is 0 Å². The highest BCUT2D eigenvalue weighted by atomic mass is 16.5. The van der Waals surface area contributed by atoms with Crippen molar-refractivity contribution in [1.29, 1.82) is 5.26 Å². The van der Waals surface area contributed by atoms with Gasteiger partial charge in [0.15, 0.2) is 12.0 Å². The fourth-order valence-corrected chi connectivity index (χ4v) is 2.86. The Balaban J connectivity index is 1.85. The first-order chi connectivity index (χ1) is 9.78. The van der Waals surface area contributed by atoms with Gasteiger partial charge < -0.3 is 9.64 Å². The predicted molar refractivity (Wildman–Crippen MR) is 73.3 cm³/mol. The molecule has 0 aromatic heterocycles. The fraction of sp³-hybridized carbons (Fsp3) is 0.375. The SMILES string of the molecule is N#CC1=C[C@H](c2ccccc2)C[C@@H](N2CCCC2=O)O1. The zero-order valence-corrected chi connectivity index (χ0v) is 11.2. The van der Waals surface area contributed by atoms with E-state index in [4.69, 9.17) is 10.00 Å². The van der Waals surface area contributed by atoms with Crippen LogP contribution in [0.2, 0.25) is 0 Å². The van der Waals surface area contributed by atoms with Gasteiger partial charge in [-0.3, -0.25) is 4.79 Å². The molecule has 4 heteroatoms. The molecule has 102 valence electrons. The smallest absolute Gasteiger partial charge is 0.225 e. The van der Waals surface area contributed by atoms with Crippen LogP contribution in [0.15, 0.2) is 42.2 Å². The molecule has 2 aliphatic rings. The summed E-state index contributed by atoms with van der Waals surface area (Å²) in [5, 5.41) is 9.14. The van der Waals surface area contributed by atoms with Gasteiger partial charge in [0.1, 0.15) is 6.07 Å². The first-order valence-electron chi connectivity index (χ1n) is 6.91.